The third-order valence-electron chi connectivity index (χ3n) is 4.16. The molecule has 0 spiro atoms. The summed E-state index contributed by atoms with van der Waals surface area (Å²) in [6, 6.07) is 12.5. The topological polar surface area (TPSA) is 39.7 Å². The quantitative estimate of drug-likeness (QED) is 0.495. The molecule has 2 aromatic carbocycles. The third-order valence-corrected chi connectivity index (χ3v) is 4.36. The highest BCUT2D eigenvalue weighted by Crippen LogP contribution is 2.27. The van der Waals surface area contributed by atoms with Gasteiger partial charge in [0.05, 0.1) is 6.21 Å². The standard InChI is InChI=1S/C19H21FN4S/c1-2-24-10-4-5-15-11-14(8-9-18(15)24)13-21-23-19(25)22-17-7-3-6-16(20)12-17/h3,6-9,11-13H,2,4-5,10H2,1H3,(H2,22,23,25)/b21-13+. The lowest BCUT2D eigenvalue weighted by Crippen LogP contribution is -2.28. The lowest BCUT2D eigenvalue weighted by Gasteiger charge is -2.30. The SMILES string of the molecule is CCN1CCCc2cc(/C=N/NC(=S)Nc3cccc(F)c3)ccc21. The van der Waals surface area contributed by atoms with Crippen molar-refractivity contribution in [1.82, 2.24) is 5.43 Å². The summed E-state index contributed by atoms with van der Waals surface area (Å²) in [6.07, 6.45) is 4.02. The van der Waals surface area contributed by atoms with E-state index in [1.807, 2.05) is 0 Å². The molecule has 0 fully saturated rings. The number of anilines is 2. The van der Waals surface area contributed by atoms with Gasteiger partial charge in [-0.3, -0.25) is 5.43 Å². The van der Waals surface area contributed by atoms with Crippen molar-refractivity contribution < 1.29 is 4.39 Å². The van der Waals surface area contributed by atoms with E-state index in [4.69, 9.17) is 12.2 Å². The summed E-state index contributed by atoms with van der Waals surface area (Å²) in [6.45, 7) is 4.33. The molecule has 2 N–H and O–H groups in total. The minimum atomic E-state index is -0.313. The second-order valence-corrected chi connectivity index (χ2v) is 6.31. The molecule has 130 valence electrons. The van der Waals surface area contributed by atoms with Crippen LogP contribution >= 0.6 is 12.2 Å². The first-order chi connectivity index (χ1) is 12.2. The Balaban J connectivity index is 1.60. The summed E-state index contributed by atoms with van der Waals surface area (Å²) in [5.41, 5.74) is 7.05. The first kappa shape index (κ1) is 17.4. The van der Waals surface area contributed by atoms with Crippen LogP contribution in [-0.2, 0) is 6.42 Å². The zero-order valence-corrected chi connectivity index (χ0v) is 14.9. The Kier molecular flexibility index (Phi) is 5.60. The lowest BCUT2D eigenvalue weighted by molar-refractivity contribution is 0.628. The molecule has 3 rings (SSSR count). The second kappa shape index (κ2) is 8.07. The molecule has 0 saturated carbocycles. The van der Waals surface area contributed by atoms with E-state index in [1.165, 1.54) is 29.8 Å². The number of hydrogen-bond acceptors (Lipinski definition) is 3. The van der Waals surface area contributed by atoms with Crippen LogP contribution in [0.5, 0.6) is 0 Å². The van der Waals surface area contributed by atoms with Gasteiger partial charge in [-0.15, -0.1) is 0 Å². The van der Waals surface area contributed by atoms with Crippen molar-refractivity contribution in [3.8, 4) is 0 Å². The van der Waals surface area contributed by atoms with E-state index in [0.717, 1.165) is 25.1 Å². The smallest absolute Gasteiger partial charge is 0.191 e. The predicted octanol–water partition coefficient (Wildman–Crippen LogP) is 3.92. The molecule has 1 aliphatic heterocycles. The number of hydrazone groups is 1. The van der Waals surface area contributed by atoms with Crippen LogP contribution in [0.1, 0.15) is 24.5 Å². The highest BCUT2D eigenvalue weighted by Gasteiger charge is 2.15. The van der Waals surface area contributed by atoms with Gasteiger partial charge < -0.3 is 10.2 Å². The molecular weight excluding hydrogens is 335 g/mol. The molecule has 0 bridgehead atoms. The minimum absolute atomic E-state index is 0.313. The second-order valence-electron chi connectivity index (χ2n) is 5.91. The van der Waals surface area contributed by atoms with Crippen LogP contribution in [0.2, 0.25) is 0 Å². The number of fused-ring (bicyclic) bond motifs is 1. The number of hydrogen-bond donors (Lipinski definition) is 2. The van der Waals surface area contributed by atoms with Gasteiger partial charge in [0.2, 0.25) is 0 Å². The molecule has 6 heteroatoms. The maximum Gasteiger partial charge on any atom is 0.191 e. The Labute approximate surface area is 152 Å². The van der Waals surface area contributed by atoms with E-state index < -0.39 is 0 Å². The zero-order valence-electron chi connectivity index (χ0n) is 14.1. The lowest BCUT2D eigenvalue weighted by atomic mass is 9.99. The van der Waals surface area contributed by atoms with Crippen LogP contribution in [0.3, 0.4) is 0 Å². The fourth-order valence-electron chi connectivity index (χ4n) is 2.99. The first-order valence-electron chi connectivity index (χ1n) is 8.39. The monoisotopic (exact) mass is 356 g/mol. The van der Waals surface area contributed by atoms with Crippen LogP contribution < -0.4 is 15.6 Å². The maximum absolute atomic E-state index is 13.1. The summed E-state index contributed by atoms with van der Waals surface area (Å²) in [4.78, 5) is 2.40. The van der Waals surface area contributed by atoms with Gasteiger partial charge in [0, 0.05) is 24.5 Å². The molecular formula is C19H21FN4S. The molecule has 1 heterocycles. The van der Waals surface area contributed by atoms with E-state index in [-0.39, 0.29) is 5.82 Å². The molecule has 0 atom stereocenters. The molecule has 0 amide bonds. The van der Waals surface area contributed by atoms with Crippen LogP contribution in [0, 0.1) is 5.82 Å². The molecule has 25 heavy (non-hydrogen) atoms. The largest absolute Gasteiger partial charge is 0.372 e. The summed E-state index contributed by atoms with van der Waals surface area (Å²) >= 11 is 5.16. The van der Waals surface area contributed by atoms with Crippen molar-refractivity contribution in [3.63, 3.8) is 0 Å². The average molecular weight is 356 g/mol. The van der Waals surface area contributed by atoms with Crippen LogP contribution in [0.4, 0.5) is 15.8 Å². The summed E-state index contributed by atoms with van der Waals surface area (Å²) in [5, 5.41) is 7.37. The number of benzene rings is 2. The molecule has 2 aromatic rings. The van der Waals surface area contributed by atoms with E-state index in [1.54, 1.807) is 18.3 Å². The molecule has 0 unspecified atom stereocenters. The van der Waals surface area contributed by atoms with Crippen molar-refractivity contribution in [2.24, 2.45) is 5.10 Å². The Bertz CT molecular complexity index is 791. The number of rotatable bonds is 4. The molecule has 0 aromatic heterocycles. The predicted molar refractivity (Wildman–Crippen MR) is 106 cm³/mol. The van der Waals surface area contributed by atoms with E-state index in [2.05, 4.69) is 45.9 Å². The molecule has 0 aliphatic carbocycles. The van der Waals surface area contributed by atoms with E-state index >= 15 is 0 Å². The molecule has 0 radical (unpaired) electrons. The first-order valence-corrected chi connectivity index (χ1v) is 8.80. The Hall–Kier alpha value is -2.47. The number of halogens is 1. The van der Waals surface area contributed by atoms with Gasteiger partial charge in [0.15, 0.2) is 5.11 Å². The number of nitrogens with one attached hydrogen (secondary N) is 2. The maximum atomic E-state index is 13.1. The Morgan fingerprint density at radius 1 is 1.32 bits per heavy atom. The molecule has 0 saturated heterocycles. The van der Waals surface area contributed by atoms with Crippen LogP contribution in [0.15, 0.2) is 47.6 Å². The Morgan fingerprint density at radius 3 is 3.00 bits per heavy atom. The van der Waals surface area contributed by atoms with E-state index in [0.29, 0.717) is 10.8 Å². The number of aryl methyl sites for hydroxylation is 1. The molecule has 4 nitrogen and oxygen atoms in total. The van der Waals surface area contributed by atoms with Gasteiger partial charge in [0.1, 0.15) is 5.82 Å². The van der Waals surface area contributed by atoms with Crippen molar-refractivity contribution in [2.75, 3.05) is 23.3 Å². The average Bonchev–Trinajstić information content (AvgIpc) is 2.61. The van der Waals surface area contributed by atoms with Crippen LogP contribution in [-0.4, -0.2) is 24.4 Å². The highest BCUT2D eigenvalue weighted by atomic mass is 32.1. The fourth-order valence-corrected chi connectivity index (χ4v) is 3.17. The molecule has 1 aliphatic rings. The van der Waals surface area contributed by atoms with Crippen molar-refractivity contribution >= 4 is 34.9 Å². The van der Waals surface area contributed by atoms with E-state index in [9.17, 15) is 4.39 Å². The summed E-state index contributed by atoms with van der Waals surface area (Å²) < 4.78 is 13.1. The van der Waals surface area contributed by atoms with Crippen LogP contribution in [0.25, 0.3) is 0 Å². The number of thiocarbonyl (C=S) groups is 1. The van der Waals surface area contributed by atoms with Crippen molar-refractivity contribution in [2.45, 2.75) is 19.8 Å². The fraction of sp³-hybridized carbons (Fsp3) is 0.263. The van der Waals surface area contributed by atoms with Gasteiger partial charge in [-0.2, -0.15) is 5.10 Å². The van der Waals surface area contributed by atoms with Gasteiger partial charge in [-0.05, 0) is 73.4 Å². The normalized spacial score (nSPS) is 13.6. The summed E-state index contributed by atoms with van der Waals surface area (Å²) in [7, 11) is 0. The third kappa shape index (κ3) is 4.54. The highest BCUT2D eigenvalue weighted by molar-refractivity contribution is 7.80. The minimum Gasteiger partial charge on any atom is -0.372 e. The Morgan fingerprint density at radius 2 is 2.20 bits per heavy atom. The number of nitrogens with zero attached hydrogens (tertiary/aromatic N) is 2. The van der Waals surface area contributed by atoms with Crippen molar-refractivity contribution in [1.29, 1.82) is 0 Å². The van der Waals surface area contributed by atoms with Gasteiger partial charge in [-0.1, -0.05) is 12.1 Å². The van der Waals surface area contributed by atoms with Crippen molar-refractivity contribution in [3.05, 3.63) is 59.4 Å². The van der Waals surface area contributed by atoms with Gasteiger partial charge in [0.25, 0.3) is 0 Å². The zero-order chi connectivity index (χ0) is 17.6. The van der Waals surface area contributed by atoms with Gasteiger partial charge in [-0.25, -0.2) is 4.39 Å². The summed E-state index contributed by atoms with van der Waals surface area (Å²) in [5.74, 6) is -0.313. The van der Waals surface area contributed by atoms with Gasteiger partial charge >= 0.3 is 0 Å².